The van der Waals surface area contributed by atoms with Crippen molar-refractivity contribution in [2.45, 2.75) is 17.3 Å². The van der Waals surface area contributed by atoms with Crippen LogP contribution in [0.25, 0.3) is 11.2 Å². The fourth-order valence-corrected chi connectivity index (χ4v) is 3.38. The molecule has 0 unspecified atom stereocenters. The highest BCUT2D eigenvalue weighted by Crippen LogP contribution is 2.33. The van der Waals surface area contributed by atoms with E-state index in [1.807, 2.05) is 60.9 Å². The number of rotatable bonds is 4. The van der Waals surface area contributed by atoms with Crippen LogP contribution in [-0.2, 0) is 0 Å². The van der Waals surface area contributed by atoms with Crippen LogP contribution in [0.5, 0.6) is 0 Å². The zero-order valence-electron chi connectivity index (χ0n) is 12.4. The van der Waals surface area contributed by atoms with E-state index < -0.39 is 0 Å². The normalized spacial score (nSPS) is 12.6. The van der Waals surface area contributed by atoms with Crippen LogP contribution in [0.4, 0.5) is 0 Å². The van der Waals surface area contributed by atoms with Crippen LogP contribution in [0.2, 0.25) is 0 Å². The first-order valence-corrected chi connectivity index (χ1v) is 8.13. The lowest BCUT2D eigenvalue weighted by Gasteiger charge is -2.10. The molecule has 0 bridgehead atoms. The summed E-state index contributed by atoms with van der Waals surface area (Å²) in [4.78, 5) is 4.50. The van der Waals surface area contributed by atoms with Gasteiger partial charge in [0.1, 0.15) is 0 Å². The van der Waals surface area contributed by atoms with E-state index in [-0.39, 0.29) is 5.25 Å². The average molecular weight is 322 g/mol. The highest BCUT2D eigenvalue weighted by Gasteiger charge is 2.19. The first-order valence-electron chi connectivity index (χ1n) is 7.25. The van der Waals surface area contributed by atoms with Gasteiger partial charge in [0, 0.05) is 6.20 Å². The van der Waals surface area contributed by atoms with E-state index in [1.54, 1.807) is 16.4 Å². The number of aromatic nitrogens is 6. The van der Waals surface area contributed by atoms with Gasteiger partial charge in [-0.05, 0) is 41.6 Å². The van der Waals surface area contributed by atoms with Crippen LogP contribution in [0.3, 0.4) is 0 Å². The molecule has 0 amide bonds. The minimum Gasteiger partial charge on any atom is -0.295 e. The Balaban J connectivity index is 1.66. The third-order valence-corrected chi connectivity index (χ3v) is 4.62. The number of fused-ring (bicyclic) bond motifs is 1. The zero-order chi connectivity index (χ0) is 15.6. The number of imidazole rings is 1. The number of tetrazole rings is 1. The highest BCUT2D eigenvalue weighted by molar-refractivity contribution is 7.99. The molecule has 4 rings (SSSR count). The molecule has 0 radical (unpaired) electrons. The van der Waals surface area contributed by atoms with Crippen LogP contribution in [-0.4, -0.2) is 29.6 Å². The Kier molecular flexibility index (Phi) is 3.55. The second-order valence-electron chi connectivity index (χ2n) is 5.08. The van der Waals surface area contributed by atoms with Crippen molar-refractivity contribution in [3.63, 3.8) is 0 Å². The predicted molar refractivity (Wildman–Crippen MR) is 88.6 cm³/mol. The Morgan fingerprint density at radius 2 is 1.87 bits per heavy atom. The van der Waals surface area contributed by atoms with Gasteiger partial charge in [-0.2, -0.15) is 4.68 Å². The molecule has 1 aromatic carbocycles. The van der Waals surface area contributed by atoms with Gasteiger partial charge in [0.25, 0.3) is 0 Å². The number of hydrogen-bond donors (Lipinski definition) is 0. The summed E-state index contributed by atoms with van der Waals surface area (Å²) in [5, 5.41) is 13.1. The van der Waals surface area contributed by atoms with Gasteiger partial charge in [0.05, 0.1) is 22.7 Å². The van der Waals surface area contributed by atoms with Crippen molar-refractivity contribution < 1.29 is 0 Å². The minimum absolute atomic E-state index is 0.0658. The summed E-state index contributed by atoms with van der Waals surface area (Å²) < 4.78 is 3.84. The first-order chi connectivity index (χ1) is 11.3. The molecule has 0 aliphatic heterocycles. The Labute approximate surface area is 137 Å². The highest BCUT2D eigenvalue weighted by atomic mass is 32.2. The van der Waals surface area contributed by atoms with E-state index in [9.17, 15) is 0 Å². The third kappa shape index (κ3) is 2.59. The number of hydrogen-bond acceptors (Lipinski definition) is 5. The molecule has 6 nitrogen and oxygen atoms in total. The molecule has 0 saturated heterocycles. The van der Waals surface area contributed by atoms with Gasteiger partial charge in [-0.1, -0.05) is 36.0 Å². The zero-order valence-corrected chi connectivity index (χ0v) is 13.3. The molecule has 4 aromatic rings. The standard InChI is InChI=1S/C16H14N6S/c1-12(23-16-17-11-14-9-5-6-10-21(14)16)15-18-19-20-22(15)13-7-3-2-4-8-13/h2-12H,1H3/t12-/m1/s1. The Morgan fingerprint density at radius 3 is 2.74 bits per heavy atom. The molecule has 1 atom stereocenters. The molecule has 0 fully saturated rings. The molecule has 23 heavy (non-hydrogen) atoms. The Morgan fingerprint density at radius 1 is 1.04 bits per heavy atom. The van der Waals surface area contributed by atoms with Gasteiger partial charge in [-0.15, -0.1) is 5.10 Å². The average Bonchev–Trinajstić information content (AvgIpc) is 3.23. The Hall–Kier alpha value is -2.67. The van der Waals surface area contributed by atoms with Gasteiger partial charge in [0.15, 0.2) is 11.0 Å². The SMILES string of the molecule is C[C@@H](Sc1ncc2ccccn12)c1nnnn1-c1ccccc1. The number of para-hydroxylation sites is 1. The monoisotopic (exact) mass is 322 g/mol. The molecule has 3 heterocycles. The lowest BCUT2D eigenvalue weighted by atomic mass is 10.3. The molecule has 7 heteroatoms. The smallest absolute Gasteiger partial charge is 0.173 e. The van der Waals surface area contributed by atoms with Crippen LogP contribution in [0.15, 0.2) is 66.1 Å². The summed E-state index contributed by atoms with van der Waals surface area (Å²) in [5.74, 6) is 0.800. The molecular formula is C16H14N6S. The van der Waals surface area contributed by atoms with Crippen molar-refractivity contribution in [1.82, 2.24) is 29.6 Å². The van der Waals surface area contributed by atoms with Gasteiger partial charge in [0.2, 0.25) is 0 Å². The van der Waals surface area contributed by atoms with Crippen molar-refractivity contribution in [2.24, 2.45) is 0 Å². The van der Waals surface area contributed by atoms with E-state index in [0.29, 0.717) is 0 Å². The molecule has 114 valence electrons. The summed E-state index contributed by atoms with van der Waals surface area (Å²) in [6.45, 7) is 2.08. The maximum absolute atomic E-state index is 4.50. The van der Waals surface area contributed by atoms with Crippen molar-refractivity contribution in [2.75, 3.05) is 0 Å². The van der Waals surface area contributed by atoms with E-state index in [2.05, 4.69) is 31.8 Å². The number of thioether (sulfide) groups is 1. The third-order valence-electron chi connectivity index (χ3n) is 3.54. The van der Waals surface area contributed by atoms with Gasteiger partial charge in [-0.25, -0.2) is 4.98 Å². The lowest BCUT2D eigenvalue weighted by molar-refractivity contribution is 0.761. The second-order valence-corrected chi connectivity index (χ2v) is 6.39. The van der Waals surface area contributed by atoms with E-state index in [1.165, 1.54) is 0 Å². The van der Waals surface area contributed by atoms with E-state index in [0.717, 1.165) is 22.2 Å². The Bertz CT molecular complexity index is 930. The van der Waals surface area contributed by atoms with Crippen LogP contribution in [0.1, 0.15) is 18.0 Å². The maximum Gasteiger partial charge on any atom is 0.173 e. The predicted octanol–water partition coefficient (Wildman–Crippen LogP) is 3.16. The fourth-order valence-electron chi connectivity index (χ4n) is 2.42. The molecule has 0 saturated carbocycles. The molecule has 0 aliphatic carbocycles. The number of benzene rings is 1. The van der Waals surface area contributed by atoms with Gasteiger partial charge in [-0.3, -0.25) is 4.40 Å². The molecule has 0 N–H and O–H groups in total. The fraction of sp³-hybridized carbons (Fsp3) is 0.125. The lowest BCUT2D eigenvalue weighted by Crippen LogP contribution is -2.05. The van der Waals surface area contributed by atoms with Crippen molar-refractivity contribution >= 4 is 17.3 Å². The maximum atomic E-state index is 4.50. The van der Waals surface area contributed by atoms with Crippen molar-refractivity contribution in [3.8, 4) is 5.69 Å². The topological polar surface area (TPSA) is 60.9 Å². The summed E-state index contributed by atoms with van der Waals surface area (Å²) >= 11 is 1.63. The molecule has 0 aliphatic rings. The largest absolute Gasteiger partial charge is 0.295 e. The second kappa shape index (κ2) is 5.85. The summed E-state index contributed by atoms with van der Waals surface area (Å²) in [6.07, 6.45) is 3.88. The molecule has 3 aromatic heterocycles. The molecule has 0 spiro atoms. The summed E-state index contributed by atoms with van der Waals surface area (Å²) in [7, 11) is 0. The van der Waals surface area contributed by atoms with Crippen molar-refractivity contribution in [1.29, 1.82) is 0 Å². The van der Waals surface area contributed by atoms with Crippen LogP contribution >= 0.6 is 11.8 Å². The van der Waals surface area contributed by atoms with E-state index in [4.69, 9.17) is 0 Å². The number of pyridine rings is 1. The quantitative estimate of drug-likeness (QED) is 0.540. The number of nitrogens with zero attached hydrogens (tertiary/aromatic N) is 6. The summed E-state index contributed by atoms with van der Waals surface area (Å²) in [5.41, 5.74) is 2.03. The summed E-state index contributed by atoms with van der Waals surface area (Å²) in [6, 6.07) is 15.9. The van der Waals surface area contributed by atoms with Crippen molar-refractivity contribution in [3.05, 3.63) is 66.7 Å². The van der Waals surface area contributed by atoms with Crippen LogP contribution in [0, 0.1) is 0 Å². The van der Waals surface area contributed by atoms with E-state index >= 15 is 0 Å². The minimum atomic E-state index is 0.0658. The molecular weight excluding hydrogens is 308 g/mol. The van der Waals surface area contributed by atoms with Gasteiger partial charge < -0.3 is 0 Å². The van der Waals surface area contributed by atoms with Gasteiger partial charge >= 0.3 is 0 Å². The van der Waals surface area contributed by atoms with Crippen LogP contribution < -0.4 is 0 Å². The first kappa shape index (κ1) is 14.0.